The molecule has 0 saturated carbocycles. The van der Waals surface area contributed by atoms with Crippen LogP contribution in [0.1, 0.15) is 110 Å². The smallest absolute Gasteiger partial charge is 0.303 e. The Labute approximate surface area is 198 Å². The van der Waals surface area contributed by atoms with Crippen LogP contribution in [0.15, 0.2) is 72.9 Å². The monoisotopic (exact) mass is 440 g/mol. The van der Waals surface area contributed by atoms with Crippen LogP contribution in [-0.4, -0.2) is 11.1 Å². The van der Waals surface area contributed by atoms with E-state index in [0.29, 0.717) is 6.42 Å². The minimum atomic E-state index is -0.679. The number of allylic oxidation sites excluding steroid dienone is 12. The molecule has 2 heteroatoms. The summed E-state index contributed by atoms with van der Waals surface area (Å²) in [6.45, 7) is 2.16. The van der Waals surface area contributed by atoms with Crippen molar-refractivity contribution in [2.45, 2.75) is 110 Å². The van der Waals surface area contributed by atoms with E-state index >= 15 is 0 Å². The van der Waals surface area contributed by atoms with E-state index in [0.717, 1.165) is 57.8 Å². The molecule has 1 N–H and O–H groups in total. The van der Waals surface area contributed by atoms with Gasteiger partial charge in [-0.15, -0.1) is 0 Å². The third-order valence-corrected chi connectivity index (χ3v) is 5.08. The number of aliphatic carboxylic acids is 1. The molecule has 0 spiro atoms. The minimum Gasteiger partial charge on any atom is -0.481 e. The molecule has 0 bridgehead atoms. The van der Waals surface area contributed by atoms with Gasteiger partial charge in [-0.25, -0.2) is 0 Å². The van der Waals surface area contributed by atoms with E-state index in [2.05, 4.69) is 79.8 Å². The Morgan fingerprint density at radius 2 is 0.844 bits per heavy atom. The molecule has 0 heterocycles. The second-order valence-corrected chi connectivity index (χ2v) is 8.16. The van der Waals surface area contributed by atoms with Crippen molar-refractivity contribution in [2.24, 2.45) is 0 Å². The highest BCUT2D eigenvalue weighted by atomic mass is 16.4. The summed E-state index contributed by atoms with van der Waals surface area (Å²) < 4.78 is 0. The van der Waals surface area contributed by atoms with Gasteiger partial charge in [-0.05, 0) is 77.0 Å². The fourth-order valence-corrected chi connectivity index (χ4v) is 3.20. The lowest BCUT2D eigenvalue weighted by Gasteiger charge is -1.97. The highest BCUT2D eigenvalue weighted by molar-refractivity contribution is 5.66. The zero-order chi connectivity index (χ0) is 23.4. The van der Waals surface area contributed by atoms with E-state index in [9.17, 15) is 4.79 Å². The molecule has 0 atom stereocenters. The Hall–Kier alpha value is -2.09. The van der Waals surface area contributed by atoms with E-state index in [1.165, 1.54) is 38.5 Å². The first-order chi connectivity index (χ1) is 15.8. The van der Waals surface area contributed by atoms with E-state index in [4.69, 9.17) is 5.11 Å². The number of rotatable bonds is 22. The predicted octanol–water partition coefficient (Wildman–Crippen LogP) is 9.67. The molecule has 0 fully saturated rings. The maximum absolute atomic E-state index is 10.4. The molecule has 0 rings (SSSR count). The summed E-state index contributed by atoms with van der Waals surface area (Å²) in [6, 6.07) is 0. The molecule has 2 nitrogen and oxygen atoms in total. The standard InChI is InChI=1S/C30H48O2/c1-2-3-4-5-6-7-8-9-10-11-12-13-14-15-16-17-18-19-20-21-22-23-24-25-26-27-28-29-30(31)32/h3-4,6-7,9-10,12-13,15-16,23-24H,2,5,8,11,14,17-22,25-29H2,1H3,(H,31,32)/b4-3-,7-6-,10-9-,13-12-,16-15-,24-23-. The molecule has 0 unspecified atom stereocenters. The number of carboxylic acid groups (broad SMARTS) is 1. The Kier molecular flexibility index (Phi) is 25.2. The average Bonchev–Trinajstić information content (AvgIpc) is 2.78. The molecule has 0 aliphatic heterocycles. The quantitative estimate of drug-likeness (QED) is 0.134. The van der Waals surface area contributed by atoms with Crippen LogP contribution in [-0.2, 0) is 4.79 Å². The van der Waals surface area contributed by atoms with E-state index < -0.39 is 5.97 Å². The normalized spacial score (nSPS) is 12.8. The average molecular weight is 441 g/mol. The molecular formula is C30H48O2. The van der Waals surface area contributed by atoms with Crippen LogP contribution >= 0.6 is 0 Å². The van der Waals surface area contributed by atoms with Crippen molar-refractivity contribution < 1.29 is 9.90 Å². The van der Waals surface area contributed by atoms with Crippen molar-refractivity contribution in [1.82, 2.24) is 0 Å². The third kappa shape index (κ3) is 27.9. The fraction of sp³-hybridized carbons (Fsp3) is 0.567. The second-order valence-electron chi connectivity index (χ2n) is 8.16. The predicted molar refractivity (Wildman–Crippen MR) is 142 cm³/mol. The first-order valence-corrected chi connectivity index (χ1v) is 12.9. The Bertz CT molecular complexity index is 576. The Morgan fingerprint density at radius 1 is 0.500 bits per heavy atom. The van der Waals surface area contributed by atoms with E-state index in [-0.39, 0.29) is 0 Å². The maximum atomic E-state index is 10.4. The summed E-state index contributed by atoms with van der Waals surface area (Å²) in [5.74, 6) is -0.679. The SMILES string of the molecule is CC/C=C\C/C=C\C/C=C\C/C=C\C/C=C\CCCCCC/C=C\CCCCCC(=O)O. The highest BCUT2D eigenvalue weighted by Crippen LogP contribution is 2.08. The molecule has 0 radical (unpaired) electrons. The van der Waals surface area contributed by atoms with Gasteiger partial charge < -0.3 is 5.11 Å². The van der Waals surface area contributed by atoms with Crippen molar-refractivity contribution in [3.8, 4) is 0 Å². The highest BCUT2D eigenvalue weighted by Gasteiger charge is 1.95. The molecule has 0 saturated heterocycles. The van der Waals surface area contributed by atoms with Gasteiger partial charge in [-0.2, -0.15) is 0 Å². The van der Waals surface area contributed by atoms with Crippen LogP contribution < -0.4 is 0 Å². The molecule has 180 valence electrons. The summed E-state index contributed by atoms with van der Waals surface area (Å²) in [6.07, 6.45) is 44.2. The maximum Gasteiger partial charge on any atom is 0.303 e. The van der Waals surface area contributed by atoms with Gasteiger partial charge in [0.15, 0.2) is 0 Å². The Balaban J connectivity index is 3.36. The molecule has 0 aliphatic rings. The summed E-state index contributed by atoms with van der Waals surface area (Å²) in [5.41, 5.74) is 0. The summed E-state index contributed by atoms with van der Waals surface area (Å²) in [5, 5.41) is 8.58. The van der Waals surface area contributed by atoms with Gasteiger partial charge in [0.2, 0.25) is 0 Å². The summed E-state index contributed by atoms with van der Waals surface area (Å²) >= 11 is 0. The zero-order valence-corrected chi connectivity index (χ0v) is 20.6. The van der Waals surface area contributed by atoms with Crippen LogP contribution in [0.5, 0.6) is 0 Å². The van der Waals surface area contributed by atoms with Crippen LogP contribution in [0.3, 0.4) is 0 Å². The van der Waals surface area contributed by atoms with E-state index in [1.54, 1.807) is 0 Å². The van der Waals surface area contributed by atoms with Gasteiger partial charge in [0, 0.05) is 6.42 Å². The van der Waals surface area contributed by atoms with Crippen LogP contribution in [0.25, 0.3) is 0 Å². The summed E-state index contributed by atoms with van der Waals surface area (Å²) in [7, 11) is 0. The lowest BCUT2D eigenvalue weighted by atomic mass is 10.1. The van der Waals surface area contributed by atoms with Gasteiger partial charge in [0.1, 0.15) is 0 Å². The number of hydrogen-bond donors (Lipinski definition) is 1. The number of carbonyl (C=O) groups is 1. The molecule has 0 aromatic rings. The first kappa shape index (κ1) is 29.9. The van der Waals surface area contributed by atoms with Crippen molar-refractivity contribution >= 4 is 5.97 Å². The topological polar surface area (TPSA) is 37.3 Å². The lowest BCUT2D eigenvalue weighted by Crippen LogP contribution is -1.93. The third-order valence-electron chi connectivity index (χ3n) is 5.08. The number of carboxylic acids is 1. The minimum absolute atomic E-state index is 0.309. The molecule has 32 heavy (non-hydrogen) atoms. The molecule has 0 aromatic carbocycles. The number of unbranched alkanes of at least 4 members (excludes halogenated alkanes) is 8. The first-order valence-electron chi connectivity index (χ1n) is 12.9. The van der Waals surface area contributed by atoms with Gasteiger partial charge in [-0.1, -0.05) is 99.1 Å². The van der Waals surface area contributed by atoms with Crippen LogP contribution in [0.4, 0.5) is 0 Å². The van der Waals surface area contributed by atoms with Gasteiger partial charge in [-0.3, -0.25) is 4.79 Å². The molecule has 0 amide bonds. The van der Waals surface area contributed by atoms with Crippen molar-refractivity contribution in [2.75, 3.05) is 0 Å². The molecular weight excluding hydrogens is 392 g/mol. The van der Waals surface area contributed by atoms with Crippen LogP contribution in [0, 0.1) is 0 Å². The van der Waals surface area contributed by atoms with Gasteiger partial charge >= 0.3 is 5.97 Å². The summed E-state index contributed by atoms with van der Waals surface area (Å²) in [4.78, 5) is 10.4. The second kappa shape index (κ2) is 26.9. The molecule has 0 aromatic heterocycles. The Morgan fingerprint density at radius 3 is 1.25 bits per heavy atom. The van der Waals surface area contributed by atoms with E-state index in [1.807, 2.05) is 0 Å². The largest absolute Gasteiger partial charge is 0.481 e. The van der Waals surface area contributed by atoms with Crippen molar-refractivity contribution in [3.63, 3.8) is 0 Å². The van der Waals surface area contributed by atoms with Crippen molar-refractivity contribution in [3.05, 3.63) is 72.9 Å². The van der Waals surface area contributed by atoms with Crippen molar-refractivity contribution in [1.29, 1.82) is 0 Å². The fourth-order valence-electron chi connectivity index (χ4n) is 3.20. The van der Waals surface area contributed by atoms with Gasteiger partial charge in [0.05, 0.1) is 0 Å². The van der Waals surface area contributed by atoms with Gasteiger partial charge in [0.25, 0.3) is 0 Å². The lowest BCUT2D eigenvalue weighted by molar-refractivity contribution is -0.137. The molecule has 0 aliphatic carbocycles. The zero-order valence-electron chi connectivity index (χ0n) is 20.6. The number of hydrogen-bond acceptors (Lipinski definition) is 1. The van der Waals surface area contributed by atoms with Crippen LogP contribution in [0.2, 0.25) is 0 Å².